The van der Waals surface area contributed by atoms with E-state index in [1.54, 1.807) is 0 Å². The molecule has 9 nitrogen and oxygen atoms in total. The minimum atomic E-state index is -1.24. The van der Waals surface area contributed by atoms with Crippen LogP contribution in [-0.2, 0) is 24.0 Å². The number of aldehydes is 1. The number of nitrogens with one attached hydrogen (secondary N) is 4. The van der Waals surface area contributed by atoms with Gasteiger partial charge in [-0.2, -0.15) is 0 Å². The fraction of sp³-hybridized carbons (Fsp3) is 0.545. The second-order valence-electron chi connectivity index (χ2n) is 4.33. The minimum absolute atomic E-state index is 0.133. The van der Waals surface area contributed by atoms with E-state index in [4.69, 9.17) is 0 Å². The highest BCUT2D eigenvalue weighted by atomic mass is 16.2. The zero-order chi connectivity index (χ0) is 15.6. The normalized spacial score (nSPS) is 10.1. The van der Waals surface area contributed by atoms with Gasteiger partial charge in [-0.1, -0.05) is 0 Å². The van der Waals surface area contributed by atoms with Crippen molar-refractivity contribution in [2.24, 2.45) is 0 Å². The molecule has 0 saturated carbocycles. The Morgan fingerprint density at radius 3 is 2.20 bits per heavy atom. The highest BCUT2D eigenvalue weighted by molar-refractivity contribution is 5.93. The van der Waals surface area contributed by atoms with Crippen LogP contribution in [0, 0.1) is 0 Å². The summed E-state index contributed by atoms with van der Waals surface area (Å²) in [7, 11) is 0. The zero-order valence-electron chi connectivity index (χ0n) is 11.3. The third-order valence-corrected chi connectivity index (χ3v) is 2.16. The van der Waals surface area contributed by atoms with Gasteiger partial charge in [-0.25, -0.2) is 0 Å². The van der Waals surface area contributed by atoms with Crippen LogP contribution >= 0.6 is 0 Å². The fourth-order valence-electron chi connectivity index (χ4n) is 1.18. The quantitative estimate of drug-likeness (QED) is 0.336. The summed E-state index contributed by atoms with van der Waals surface area (Å²) in [6.45, 7) is 2.21. The van der Waals surface area contributed by atoms with Gasteiger partial charge in [0.25, 0.3) is 0 Å². The summed E-state index contributed by atoms with van der Waals surface area (Å²) in [6, 6.07) is 0. The second kappa shape index (κ2) is 8.62. The predicted molar refractivity (Wildman–Crippen MR) is 68.4 cm³/mol. The monoisotopic (exact) mass is 286 g/mol. The lowest BCUT2D eigenvalue weighted by molar-refractivity contribution is -0.133. The van der Waals surface area contributed by atoms with Crippen molar-refractivity contribution in [3.8, 4) is 0 Å². The SMILES string of the molecule is CC(C)(NC(=O)CNC=O)C(=O)NCC(=O)NCC=O. The molecule has 0 aliphatic heterocycles. The molecule has 0 aromatic rings. The van der Waals surface area contributed by atoms with Crippen molar-refractivity contribution in [1.29, 1.82) is 0 Å². The van der Waals surface area contributed by atoms with E-state index in [9.17, 15) is 24.0 Å². The standard InChI is InChI=1S/C11H18N4O5/c1-11(2,15-9(19)5-12-7-17)10(20)14-6-8(18)13-3-4-16/h4,7H,3,5-6H2,1-2H3,(H,12,17)(H,13,18)(H,14,20)(H,15,19). The lowest BCUT2D eigenvalue weighted by Crippen LogP contribution is -2.57. The first-order chi connectivity index (χ1) is 9.33. The molecule has 4 amide bonds. The largest absolute Gasteiger partial charge is 0.350 e. The molecular weight excluding hydrogens is 268 g/mol. The molecule has 20 heavy (non-hydrogen) atoms. The van der Waals surface area contributed by atoms with Crippen molar-refractivity contribution in [1.82, 2.24) is 21.3 Å². The lowest BCUT2D eigenvalue weighted by atomic mass is 10.0. The first-order valence-electron chi connectivity index (χ1n) is 5.80. The van der Waals surface area contributed by atoms with Crippen LogP contribution in [-0.4, -0.2) is 55.6 Å². The average Bonchev–Trinajstić information content (AvgIpc) is 2.39. The zero-order valence-corrected chi connectivity index (χ0v) is 11.3. The fourth-order valence-corrected chi connectivity index (χ4v) is 1.18. The molecule has 0 unspecified atom stereocenters. The summed E-state index contributed by atoms with van der Waals surface area (Å²) >= 11 is 0. The summed E-state index contributed by atoms with van der Waals surface area (Å²) < 4.78 is 0. The predicted octanol–water partition coefficient (Wildman–Crippen LogP) is -2.94. The molecule has 0 aromatic heterocycles. The van der Waals surface area contributed by atoms with E-state index in [2.05, 4.69) is 21.3 Å². The number of carbonyl (C=O) groups excluding carboxylic acids is 5. The number of carbonyl (C=O) groups is 5. The van der Waals surface area contributed by atoms with Crippen LogP contribution in [0.15, 0.2) is 0 Å². The maximum absolute atomic E-state index is 11.8. The summed E-state index contributed by atoms with van der Waals surface area (Å²) in [5.41, 5.74) is -1.24. The third kappa shape index (κ3) is 7.09. The molecule has 0 aliphatic rings. The van der Waals surface area contributed by atoms with Crippen LogP contribution in [0.1, 0.15) is 13.8 Å². The molecule has 0 aromatic carbocycles. The van der Waals surface area contributed by atoms with Crippen molar-refractivity contribution in [3.63, 3.8) is 0 Å². The molecule has 112 valence electrons. The molecule has 0 atom stereocenters. The van der Waals surface area contributed by atoms with E-state index < -0.39 is 23.3 Å². The van der Waals surface area contributed by atoms with E-state index in [1.165, 1.54) is 13.8 Å². The molecule has 0 spiro atoms. The molecular formula is C11H18N4O5. The minimum Gasteiger partial charge on any atom is -0.350 e. The van der Waals surface area contributed by atoms with Gasteiger partial charge in [-0.05, 0) is 13.8 Å². The highest BCUT2D eigenvalue weighted by Gasteiger charge is 2.29. The highest BCUT2D eigenvalue weighted by Crippen LogP contribution is 2.01. The van der Waals surface area contributed by atoms with Crippen LogP contribution in [0.3, 0.4) is 0 Å². The smallest absolute Gasteiger partial charge is 0.245 e. The van der Waals surface area contributed by atoms with Gasteiger partial charge in [-0.15, -0.1) is 0 Å². The van der Waals surface area contributed by atoms with Crippen LogP contribution in [0.2, 0.25) is 0 Å². The number of hydrogen-bond acceptors (Lipinski definition) is 5. The van der Waals surface area contributed by atoms with Gasteiger partial charge in [0.2, 0.25) is 24.1 Å². The first kappa shape index (κ1) is 17.6. The molecule has 0 saturated heterocycles. The maximum atomic E-state index is 11.8. The number of rotatable bonds is 9. The van der Waals surface area contributed by atoms with E-state index in [-0.39, 0.29) is 19.6 Å². The number of amides is 4. The van der Waals surface area contributed by atoms with E-state index in [0.717, 1.165) is 0 Å². The summed E-state index contributed by atoms with van der Waals surface area (Å²) in [6.07, 6.45) is 0.883. The Hall–Kier alpha value is -2.45. The molecule has 0 rings (SSSR count). The lowest BCUT2D eigenvalue weighted by Gasteiger charge is -2.24. The van der Waals surface area contributed by atoms with Crippen LogP contribution < -0.4 is 21.3 Å². The molecule has 0 bridgehead atoms. The van der Waals surface area contributed by atoms with Crippen molar-refractivity contribution in [2.45, 2.75) is 19.4 Å². The topological polar surface area (TPSA) is 133 Å². The average molecular weight is 286 g/mol. The van der Waals surface area contributed by atoms with Crippen molar-refractivity contribution in [3.05, 3.63) is 0 Å². The van der Waals surface area contributed by atoms with Gasteiger partial charge in [0.1, 0.15) is 11.8 Å². The molecule has 4 N–H and O–H groups in total. The van der Waals surface area contributed by atoms with E-state index in [0.29, 0.717) is 12.7 Å². The molecule has 0 radical (unpaired) electrons. The Labute approximate surface area is 115 Å². The van der Waals surface area contributed by atoms with Crippen molar-refractivity contribution >= 4 is 30.4 Å². The Kier molecular flexibility index (Phi) is 7.56. The number of hydrogen-bond donors (Lipinski definition) is 4. The second-order valence-corrected chi connectivity index (χ2v) is 4.33. The molecule has 0 heterocycles. The Morgan fingerprint density at radius 2 is 1.65 bits per heavy atom. The Morgan fingerprint density at radius 1 is 1.00 bits per heavy atom. The first-order valence-corrected chi connectivity index (χ1v) is 5.80. The Balaban J connectivity index is 4.22. The molecule has 9 heteroatoms. The summed E-state index contributed by atoms with van der Waals surface area (Å²) in [4.78, 5) is 54.4. The van der Waals surface area contributed by atoms with Gasteiger partial charge < -0.3 is 26.1 Å². The van der Waals surface area contributed by atoms with Crippen LogP contribution in [0.5, 0.6) is 0 Å². The van der Waals surface area contributed by atoms with Crippen LogP contribution in [0.4, 0.5) is 0 Å². The molecule has 0 aliphatic carbocycles. The van der Waals surface area contributed by atoms with Gasteiger partial charge in [0.15, 0.2) is 0 Å². The summed E-state index contributed by atoms with van der Waals surface area (Å²) in [5, 5.41) is 9.13. The van der Waals surface area contributed by atoms with Crippen molar-refractivity contribution < 1.29 is 24.0 Å². The molecule has 0 fully saturated rings. The Bertz CT molecular complexity index is 394. The van der Waals surface area contributed by atoms with E-state index >= 15 is 0 Å². The van der Waals surface area contributed by atoms with Crippen molar-refractivity contribution in [2.75, 3.05) is 19.6 Å². The van der Waals surface area contributed by atoms with Gasteiger partial charge in [-0.3, -0.25) is 19.2 Å². The summed E-state index contributed by atoms with van der Waals surface area (Å²) in [5.74, 6) is -1.63. The maximum Gasteiger partial charge on any atom is 0.245 e. The van der Waals surface area contributed by atoms with Gasteiger partial charge in [0, 0.05) is 0 Å². The van der Waals surface area contributed by atoms with Gasteiger partial charge in [0.05, 0.1) is 19.6 Å². The van der Waals surface area contributed by atoms with Crippen LogP contribution in [0.25, 0.3) is 0 Å². The third-order valence-electron chi connectivity index (χ3n) is 2.16. The van der Waals surface area contributed by atoms with Gasteiger partial charge >= 0.3 is 0 Å². The van der Waals surface area contributed by atoms with E-state index in [1.807, 2.05) is 0 Å².